The molecule has 0 radical (unpaired) electrons. The summed E-state index contributed by atoms with van der Waals surface area (Å²) in [7, 11) is 4.23. The quantitative estimate of drug-likeness (QED) is 0.557. The Labute approximate surface area is 108 Å². The lowest BCUT2D eigenvalue weighted by Gasteiger charge is -2.17. The average Bonchev–Trinajstić information content (AvgIpc) is 2.64. The van der Waals surface area contributed by atoms with E-state index in [-0.39, 0.29) is 0 Å². The number of rotatable bonds is 1. The Kier molecular flexibility index (Phi) is 2.51. The Morgan fingerprint density at radius 2 is 1.67 bits per heavy atom. The molecule has 0 atom stereocenters. The number of hydrogen-bond acceptors (Lipinski definition) is 2. The van der Waals surface area contributed by atoms with Crippen LogP contribution < -0.4 is 14.2 Å². The van der Waals surface area contributed by atoms with Crippen LogP contribution in [0.2, 0.25) is 6.82 Å². The second-order valence-electron chi connectivity index (χ2n) is 4.77. The van der Waals surface area contributed by atoms with Crippen LogP contribution in [0.25, 0.3) is 0 Å². The third-order valence-electron chi connectivity index (χ3n) is 3.73. The summed E-state index contributed by atoms with van der Waals surface area (Å²) in [6.45, 7) is 2.56. The van der Waals surface area contributed by atoms with Gasteiger partial charge in [0.1, 0.15) is 5.69 Å². The Hall–Kier alpha value is -1.97. The van der Waals surface area contributed by atoms with Crippen molar-refractivity contribution in [1.82, 2.24) is 0 Å². The van der Waals surface area contributed by atoms with Crippen LogP contribution in [-0.4, -0.2) is 14.0 Å². The van der Waals surface area contributed by atoms with Crippen LogP contribution in [0.1, 0.15) is 0 Å². The Bertz CT molecular complexity index is 585. The molecular formula is C14H17BN3+. The summed E-state index contributed by atoms with van der Waals surface area (Å²) in [5.41, 5.74) is 2.56. The first-order valence-electron chi connectivity index (χ1n) is 6.26. The molecule has 0 saturated carbocycles. The number of fused-ring (bicyclic) bond motifs is 1. The smallest absolute Gasteiger partial charge is 0.374 e. The van der Waals surface area contributed by atoms with Gasteiger partial charge in [0.2, 0.25) is 0 Å². The molecule has 0 N–H and O–H groups in total. The van der Waals surface area contributed by atoms with Gasteiger partial charge in [-0.15, -0.1) is 0 Å². The molecule has 1 aliphatic heterocycles. The maximum atomic E-state index is 2.37. The van der Waals surface area contributed by atoms with E-state index >= 15 is 0 Å². The molecule has 0 unspecified atom stereocenters. The van der Waals surface area contributed by atoms with E-state index in [9.17, 15) is 0 Å². The highest BCUT2D eigenvalue weighted by molar-refractivity contribution is 6.70. The topological polar surface area (TPSA) is 10.4 Å². The van der Waals surface area contributed by atoms with Gasteiger partial charge in [0.25, 0.3) is 5.82 Å². The number of benzene rings is 1. The molecule has 0 spiro atoms. The molecule has 0 fully saturated rings. The fraction of sp³-hybridized carbons (Fsp3) is 0.214. The van der Waals surface area contributed by atoms with E-state index in [1.165, 1.54) is 17.2 Å². The molecule has 1 aromatic heterocycles. The van der Waals surface area contributed by atoms with Gasteiger partial charge in [0, 0.05) is 6.07 Å². The summed E-state index contributed by atoms with van der Waals surface area (Å²) in [6.07, 6.45) is 2.09. The van der Waals surface area contributed by atoms with Crippen molar-refractivity contribution in [3.63, 3.8) is 0 Å². The molecule has 2 heterocycles. The van der Waals surface area contributed by atoms with Gasteiger partial charge in [-0.1, -0.05) is 18.2 Å². The van der Waals surface area contributed by atoms with Gasteiger partial charge < -0.3 is 4.81 Å². The molecule has 18 heavy (non-hydrogen) atoms. The van der Waals surface area contributed by atoms with Crippen LogP contribution in [0.5, 0.6) is 0 Å². The molecule has 4 heteroatoms. The lowest BCUT2D eigenvalue weighted by atomic mass is 9.77. The monoisotopic (exact) mass is 238 g/mol. The van der Waals surface area contributed by atoms with Crippen LogP contribution >= 0.6 is 0 Å². The number of anilines is 3. The number of hydrogen-bond donors (Lipinski definition) is 0. The molecule has 90 valence electrons. The number of para-hydroxylation sites is 2. The molecule has 0 saturated heterocycles. The molecule has 1 aromatic carbocycles. The summed E-state index contributed by atoms with van der Waals surface area (Å²) in [5, 5.41) is 0. The number of nitrogens with zero attached hydrogens (tertiary/aromatic N) is 3. The minimum atomic E-state index is 0.330. The highest BCUT2D eigenvalue weighted by atomic mass is 15.3. The lowest BCUT2D eigenvalue weighted by Crippen LogP contribution is -2.46. The van der Waals surface area contributed by atoms with Gasteiger partial charge in [-0.3, -0.25) is 4.81 Å². The maximum absolute atomic E-state index is 2.37. The minimum Gasteiger partial charge on any atom is -0.374 e. The third kappa shape index (κ3) is 1.49. The summed E-state index contributed by atoms with van der Waals surface area (Å²) < 4.78 is 2.16. The molecule has 0 amide bonds. The van der Waals surface area contributed by atoms with Crippen molar-refractivity contribution < 1.29 is 4.57 Å². The van der Waals surface area contributed by atoms with Crippen LogP contribution in [0, 0.1) is 0 Å². The van der Waals surface area contributed by atoms with Crippen molar-refractivity contribution >= 4 is 24.2 Å². The van der Waals surface area contributed by atoms with Gasteiger partial charge in [0.15, 0.2) is 0 Å². The second-order valence-corrected chi connectivity index (χ2v) is 4.77. The van der Waals surface area contributed by atoms with Crippen molar-refractivity contribution in [2.24, 2.45) is 7.05 Å². The average molecular weight is 238 g/mol. The van der Waals surface area contributed by atoms with Crippen molar-refractivity contribution in [1.29, 1.82) is 0 Å². The van der Waals surface area contributed by atoms with Crippen LogP contribution in [-0.2, 0) is 7.05 Å². The zero-order valence-electron chi connectivity index (χ0n) is 11.0. The Morgan fingerprint density at radius 3 is 2.39 bits per heavy atom. The third-order valence-corrected chi connectivity index (χ3v) is 3.73. The first-order valence-corrected chi connectivity index (χ1v) is 6.26. The zero-order valence-corrected chi connectivity index (χ0v) is 11.0. The summed E-state index contributed by atoms with van der Waals surface area (Å²) in [5.74, 6) is 1.21. The van der Waals surface area contributed by atoms with E-state index in [0.29, 0.717) is 6.98 Å². The van der Waals surface area contributed by atoms with Gasteiger partial charge >= 0.3 is 6.98 Å². The van der Waals surface area contributed by atoms with Crippen molar-refractivity contribution in [2.45, 2.75) is 6.82 Å². The van der Waals surface area contributed by atoms with Gasteiger partial charge in [-0.05, 0) is 32.1 Å². The van der Waals surface area contributed by atoms with Crippen molar-refractivity contribution in [3.05, 3.63) is 48.7 Å². The lowest BCUT2D eigenvalue weighted by molar-refractivity contribution is -0.658. The summed E-state index contributed by atoms with van der Waals surface area (Å²) in [4.78, 5) is 4.68. The van der Waals surface area contributed by atoms with Crippen LogP contribution in [0.3, 0.4) is 0 Å². The highest BCUT2D eigenvalue weighted by Gasteiger charge is 2.43. The molecule has 0 bridgehead atoms. The van der Waals surface area contributed by atoms with E-state index < -0.39 is 0 Å². The number of pyridine rings is 1. The van der Waals surface area contributed by atoms with E-state index in [1.807, 2.05) is 0 Å². The summed E-state index contributed by atoms with van der Waals surface area (Å²) in [6, 6.07) is 14.9. The van der Waals surface area contributed by atoms with E-state index in [0.717, 1.165) is 0 Å². The fourth-order valence-corrected chi connectivity index (χ4v) is 2.62. The second kappa shape index (κ2) is 4.05. The van der Waals surface area contributed by atoms with Crippen molar-refractivity contribution in [3.8, 4) is 0 Å². The fourth-order valence-electron chi connectivity index (χ4n) is 2.62. The molecule has 3 nitrogen and oxygen atoms in total. The van der Waals surface area contributed by atoms with E-state index in [4.69, 9.17) is 0 Å². The Morgan fingerprint density at radius 1 is 1.00 bits per heavy atom. The molecule has 2 aromatic rings. The number of aromatic nitrogens is 1. The Balaban J connectivity index is 2.16. The van der Waals surface area contributed by atoms with Gasteiger partial charge in [0.05, 0.1) is 18.9 Å². The first-order chi connectivity index (χ1) is 8.70. The van der Waals surface area contributed by atoms with Gasteiger partial charge in [-0.2, -0.15) is 0 Å². The largest absolute Gasteiger partial charge is 0.498 e. The molecule has 0 aliphatic carbocycles. The normalized spacial score (nSPS) is 14.1. The number of aryl methyl sites for hydroxylation is 1. The van der Waals surface area contributed by atoms with E-state index in [2.05, 4.69) is 83.8 Å². The first kappa shape index (κ1) is 11.1. The maximum Gasteiger partial charge on any atom is 0.498 e. The zero-order chi connectivity index (χ0) is 12.7. The van der Waals surface area contributed by atoms with E-state index in [1.54, 1.807) is 0 Å². The molecular weight excluding hydrogens is 221 g/mol. The minimum absolute atomic E-state index is 0.330. The van der Waals surface area contributed by atoms with Crippen molar-refractivity contribution in [2.75, 3.05) is 16.7 Å². The molecule has 3 rings (SSSR count). The highest BCUT2D eigenvalue weighted by Crippen LogP contribution is 2.40. The summed E-state index contributed by atoms with van der Waals surface area (Å²) >= 11 is 0. The SMILES string of the molecule is CB1N(C)c2ccccc2N1c1cccc[n+]1C. The predicted octanol–water partition coefficient (Wildman–Crippen LogP) is 2.22. The van der Waals surface area contributed by atoms with Crippen LogP contribution in [0.15, 0.2) is 48.7 Å². The predicted molar refractivity (Wildman–Crippen MR) is 76.2 cm³/mol. The van der Waals surface area contributed by atoms with Crippen LogP contribution in [0.4, 0.5) is 17.2 Å². The molecule has 1 aliphatic rings. The van der Waals surface area contributed by atoms with Gasteiger partial charge in [-0.25, -0.2) is 4.57 Å². The standard InChI is InChI=1S/C14H17BN3/c1-15-17(3)12-8-4-5-9-13(12)18(15)14-10-6-7-11-16(14)2/h4-11H,1-3H3/q+1.